The van der Waals surface area contributed by atoms with Crippen LogP contribution >= 0.6 is 0 Å². The van der Waals surface area contributed by atoms with Crippen molar-refractivity contribution in [2.24, 2.45) is 0 Å². The predicted molar refractivity (Wildman–Crippen MR) is 173 cm³/mol. The number of allylic oxidation sites excluding steroid dienone is 3. The van der Waals surface area contributed by atoms with Gasteiger partial charge in [0.2, 0.25) is 0 Å². The number of hydrogen-bond acceptors (Lipinski definition) is 4. The lowest BCUT2D eigenvalue weighted by Crippen LogP contribution is -2.23. The quantitative estimate of drug-likeness (QED) is 0.0548. The molecule has 0 spiro atoms. The third-order valence-corrected chi connectivity index (χ3v) is 7.87. The Morgan fingerprint density at radius 2 is 1.17 bits per heavy atom. The van der Waals surface area contributed by atoms with E-state index in [-0.39, 0.29) is 18.6 Å². The van der Waals surface area contributed by atoms with Crippen LogP contribution in [0.3, 0.4) is 0 Å². The molecule has 1 aliphatic heterocycles. The Morgan fingerprint density at radius 3 is 1.62 bits per heavy atom. The van der Waals surface area contributed by atoms with Gasteiger partial charge in [0.25, 0.3) is 11.8 Å². The van der Waals surface area contributed by atoms with Gasteiger partial charge >= 0.3 is 5.97 Å². The second-order valence-corrected chi connectivity index (χ2v) is 11.4. The monoisotopic (exact) mass is 575 g/mol. The number of benzene rings is 1. The Labute approximate surface area is 254 Å². The number of esters is 1. The van der Waals surface area contributed by atoms with Crippen LogP contribution in [-0.2, 0) is 45.0 Å². The maximum Gasteiger partial charge on any atom is 0.310 e. The summed E-state index contributed by atoms with van der Waals surface area (Å²) in [6, 6.07) is 4.69. The van der Waals surface area contributed by atoms with Crippen LogP contribution in [-0.4, -0.2) is 17.8 Å². The zero-order valence-corrected chi connectivity index (χ0v) is 25.9. The molecule has 2 amide bonds. The van der Waals surface area contributed by atoms with Crippen LogP contribution in [0.25, 0.3) is 0 Å². The molecule has 0 saturated heterocycles. The van der Waals surface area contributed by atoms with E-state index in [0.29, 0.717) is 0 Å². The summed E-state index contributed by atoms with van der Waals surface area (Å²) < 4.78 is 5.75. The van der Waals surface area contributed by atoms with Crippen molar-refractivity contribution >= 4 is 17.8 Å². The second-order valence-electron chi connectivity index (χ2n) is 11.4. The van der Waals surface area contributed by atoms with Gasteiger partial charge in [-0.2, -0.15) is 0 Å². The molecule has 230 valence electrons. The number of rotatable bonds is 25. The van der Waals surface area contributed by atoms with Gasteiger partial charge in [-0.1, -0.05) is 68.9 Å². The van der Waals surface area contributed by atoms with E-state index in [9.17, 15) is 14.4 Å². The molecule has 0 aromatic heterocycles. The first-order chi connectivity index (χ1) is 20.5. The lowest BCUT2D eigenvalue weighted by atomic mass is 9.90. The molecular weight excluding hydrogens is 522 g/mol. The predicted octanol–water partition coefficient (Wildman–Crippen LogP) is 8.74. The van der Waals surface area contributed by atoms with E-state index < -0.39 is 17.8 Å². The largest absolute Gasteiger partial charge is 0.461 e. The van der Waals surface area contributed by atoms with Crippen molar-refractivity contribution in [3.05, 3.63) is 84.0 Å². The minimum absolute atomic E-state index is 0.160. The Morgan fingerprint density at radius 1 is 0.690 bits per heavy atom. The van der Waals surface area contributed by atoms with Crippen LogP contribution < -0.4 is 5.32 Å². The molecule has 0 saturated carbocycles. The van der Waals surface area contributed by atoms with E-state index in [0.717, 1.165) is 69.8 Å². The molecule has 0 unspecified atom stereocenters. The SMILES string of the molecule is C=CCCCCCCc1cc(CCCCCCC=C)c(COC(=O)CC2=CC(=O)NC2=O)c(CCCCCCC=C)c1. The number of nitrogens with one attached hydrogen (secondary N) is 1. The van der Waals surface area contributed by atoms with Crippen LogP contribution in [0.2, 0.25) is 0 Å². The normalized spacial score (nSPS) is 12.6. The Hall–Kier alpha value is -3.21. The molecule has 2 rings (SSSR count). The molecule has 0 aliphatic carbocycles. The summed E-state index contributed by atoms with van der Waals surface area (Å²) in [7, 11) is 0. The van der Waals surface area contributed by atoms with Crippen molar-refractivity contribution in [2.45, 2.75) is 129 Å². The fraction of sp³-hybridized carbons (Fsp3) is 0.541. The molecule has 5 nitrogen and oxygen atoms in total. The minimum atomic E-state index is -0.514. The van der Waals surface area contributed by atoms with Crippen LogP contribution in [0, 0.1) is 0 Å². The smallest absolute Gasteiger partial charge is 0.310 e. The maximum absolute atomic E-state index is 12.7. The number of carbonyl (C=O) groups is 3. The van der Waals surface area contributed by atoms with Crippen molar-refractivity contribution in [1.82, 2.24) is 5.32 Å². The van der Waals surface area contributed by atoms with Crippen molar-refractivity contribution in [1.29, 1.82) is 0 Å². The molecule has 0 radical (unpaired) electrons. The number of aryl methyl sites for hydroxylation is 3. The Bertz CT molecular complexity index is 1030. The highest BCUT2D eigenvalue weighted by molar-refractivity contribution is 6.17. The molecule has 0 atom stereocenters. The third kappa shape index (κ3) is 14.1. The summed E-state index contributed by atoms with van der Waals surface area (Å²) in [6.45, 7) is 11.7. The van der Waals surface area contributed by atoms with E-state index in [2.05, 4.69) is 37.2 Å². The first-order valence-corrected chi connectivity index (χ1v) is 16.2. The molecule has 0 fully saturated rings. The summed E-state index contributed by atoms with van der Waals surface area (Å²) >= 11 is 0. The Kier molecular flexibility index (Phi) is 17.9. The molecule has 0 bridgehead atoms. The topological polar surface area (TPSA) is 72.5 Å². The van der Waals surface area contributed by atoms with Gasteiger partial charge in [-0.25, -0.2) is 0 Å². The summed E-state index contributed by atoms with van der Waals surface area (Å²) in [5.41, 5.74) is 5.23. The minimum Gasteiger partial charge on any atom is -0.461 e. The van der Waals surface area contributed by atoms with Crippen molar-refractivity contribution < 1.29 is 19.1 Å². The second kappa shape index (κ2) is 21.5. The number of hydrogen-bond donors (Lipinski definition) is 1. The van der Waals surface area contributed by atoms with Gasteiger partial charge in [-0.3, -0.25) is 19.7 Å². The lowest BCUT2D eigenvalue weighted by molar-refractivity contribution is -0.144. The van der Waals surface area contributed by atoms with E-state index in [1.807, 2.05) is 18.2 Å². The van der Waals surface area contributed by atoms with E-state index >= 15 is 0 Å². The average Bonchev–Trinajstić information content (AvgIpc) is 3.29. The standard InChI is InChI=1S/C37H53NO4/c1-4-7-10-13-16-19-22-30-25-31(23-20-17-14-11-8-5-2)34(32(26-30)24-21-18-15-12-9-6-3)29-42-36(40)28-33-27-35(39)38-37(33)41/h4-6,25-27H,1-3,7-24,28-29H2,(H,38,39,41). The van der Waals surface area contributed by atoms with E-state index in [1.165, 1.54) is 74.1 Å². The molecule has 1 aliphatic rings. The Balaban J connectivity index is 2.18. The summed E-state index contributed by atoms with van der Waals surface area (Å²) in [5, 5.41) is 2.19. The highest BCUT2D eigenvalue weighted by atomic mass is 16.5. The average molecular weight is 576 g/mol. The van der Waals surface area contributed by atoms with Crippen molar-refractivity contribution in [3.8, 4) is 0 Å². The number of imide groups is 1. The van der Waals surface area contributed by atoms with Gasteiger partial charge in [0.05, 0.1) is 6.42 Å². The zero-order chi connectivity index (χ0) is 30.4. The van der Waals surface area contributed by atoms with Gasteiger partial charge in [0.1, 0.15) is 6.61 Å². The highest BCUT2D eigenvalue weighted by Gasteiger charge is 2.24. The lowest BCUT2D eigenvalue weighted by Gasteiger charge is -2.18. The van der Waals surface area contributed by atoms with Crippen LogP contribution in [0.4, 0.5) is 0 Å². The summed E-state index contributed by atoms with van der Waals surface area (Å²) in [6.07, 6.45) is 27.2. The van der Waals surface area contributed by atoms with Gasteiger partial charge in [0, 0.05) is 11.6 Å². The summed E-state index contributed by atoms with van der Waals surface area (Å²) in [4.78, 5) is 36.1. The first kappa shape index (κ1) is 35.0. The molecule has 1 heterocycles. The van der Waals surface area contributed by atoms with Gasteiger partial charge in [-0.15, -0.1) is 19.7 Å². The van der Waals surface area contributed by atoms with Gasteiger partial charge in [0.15, 0.2) is 0 Å². The zero-order valence-electron chi connectivity index (χ0n) is 25.9. The number of unbranched alkanes of at least 4 members (excludes halogenated alkanes) is 12. The summed E-state index contributed by atoms with van der Waals surface area (Å²) in [5.74, 6) is -1.48. The third-order valence-electron chi connectivity index (χ3n) is 7.87. The molecule has 1 aromatic rings. The highest BCUT2D eigenvalue weighted by Crippen LogP contribution is 2.26. The maximum atomic E-state index is 12.7. The van der Waals surface area contributed by atoms with Gasteiger partial charge in [-0.05, 0) is 99.3 Å². The molecule has 1 aromatic carbocycles. The molecule has 42 heavy (non-hydrogen) atoms. The number of carbonyl (C=O) groups excluding carboxylic acids is 3. The van der Waals surface area contributed by atoms with Crippen molar-refractivity contribution in [2.75, 3.05) is 0 Å². The fourth-order valence-electron chi connectivity index (χ4n) is 5.47. The fourth-order valence-corrected chi connectivity index (χ4v) is 5.47. The molecule has 5 heteroatoms. The van der Waals surface area contributed by atoms with Crippen LogP contribution in [0.15, 0.2) is 61.7 Å². The number of ether oxygens (including phenoxy) is 1. The van der Waals surface area contributed by atoms with Gasteiger partial charge < -0.3 is 4.74 Å². The number of amides is 2. The molecular formula is C37H53NO4. The van der Waals surface area contributed by atoms with Crippen molar-refractivity contribution in [3.63, 3.8) is 0 Å². The van der Waals surface area contributed by atoms with E-state index in [4.69, 9.17) is 4.74 Å². The first-order valence-electron chi connectivity index (χ1n) is 16.2. The molecule has 1 N–H and O–H groups in total. The van der Waals surface area contributed by atoms with Crippen LogP contribution in [0.1, 0.15) is 125 Å². The van der Waals surface area contributed by atoms with E-state index in [1.54, 1.807) is 0 Å². The van der Waals surface area contributed by atoms with Crippen LogP contribution in [0.5, 0.6) is 0 Å².